The average Bonchev–Trinajstić information content (AvgIpc) is 3.45. The fourth-order valence-corrected chi connectivity index (χ4v) is 4.30. The van der Waals surface area contributed by atoms with Gasteiger partial charge in [-0.05, 0) is 75.9 Å². The second-order valence-corrected chi connectivity index (χ2v) is 9.52. The van der Waals surface area contributed by atoms with Crippen molar-refractivity contribution >= 4 is 15.9 Å². The van der Waals surface area contributed by atoms with Gasteiger partial charge in [-0.15, -0.1) is 0 Å². The molecule has 7 heteroatoms. The van der Waals surface area contributed by atoms with Gasteiger partial charge in [0, 0.05) is 11.6 Å². The van der Waals surface area contributed by atoms with E-state index in [1.54, 1.807) is 13.0 Å². The molecule has 0 heterocycles. The van der Waals surface area contributed by atoms with Crippen LogP contribution in [0, 0.1) is 6.92 Å². The molecule has 0 aromatic heterocycles. The van der Waals surface area contributed by atoms with Crippen LogP contribution in [0.1, 0.15) is 61.1 Å². The molecule has 1 saturated carbocycles. The number of carbonyl (C=O) groups excluding carboxylic acids is 1. The van der Waals surface area contributed by atoms with E-state index in [9.17, 15) is 13.2 Å². The van der Waals surface area contributed by atoms with E-state index < -0.39 is 10.0 Å². The second-order valence-electron chi connectivity index (χ2n) is 7.80. The van der Waals surface area contributed by atoms with Gasteiger partial charge in [0.2, 0.25) is 10.0 Å². The number of benzene rings is 2. The van der Waals surface area contributed by atoms with Crippen molar-refractivity contribution in [3.63, 3.8) is 0 Å². The second kappa shape index (κ2) is 8.55. The first kappa shape index (κ1) is 21.3. The van der Waals surface area contributed by atoms with Gasteiger partial charge in [0.1, 0.15) is 5.75 Å². The lowest BCUT2D eigenvalue weighted by atomic mass is 10.1. The van der Waals surface area contributed by atoms with Crippen molar-refractivity contribution in [2.75, 3.05) is 0 Å². The van der Waals surface area contributed by atoms with E-state index in [1.165, 1.54) is 12.1 Å². The summed E-state index contributed by atoms with van der Waals surface area (Å²) in [6.45, 7) is 7.62. The van der Waals surface area contributed by atoms with Gasteiger partial charge in [-0.2, -0.15) is 0 Å². The quantitative estimate of drug-likeness (QED) is 0.687. The molecule has 0 radical (unpaired) electrons. The normalized spacial score (nSPS) is 15.2. The number of ether oxygens (including phenoxy) is 1. The number of sulfonamides is 1. The van der Waals surface area contributed by atoms with Crippen LogP contribution in [0.15, 0.2) is 47.4 Å². The van der Waals surface area contributed by atoms with Crippen LogP contribution >= 0.6 is 0 Å². The Kier molecular flexibility index (Phi) is 6.29. The van der Waals surface area contributed by atoms with Crippen LogP contribution in [-0.2, 0) is 10.0 Å². The van der Waals surface area contributed by atoms with Crippen molar-refractivity contribution in [3.8, 4) is 5.75 Å². The summed E-state index contributed by atoms with van der Waals surface area (Å²) in [5, 5.41) is 2.95. The minimum atomic E-state index is -3.61. The molecule has 3 rings (SSSR count). The maximum absolute atomic E-state index is 12.8. The van der Waals surface area contributed by atoms with Crippen molar-refractivity contribution in [1.82, 2.24) is 10.0 Å². The molecule has 6 nitrogen and oxygen atoms in total. The van der Waals surface area contributed by atoms with Crippen LogP contribution in [0.5, 0.6) is 5.75 Å². The van der Waals surface area contributed by atoms with Gasteiger partial charge in [0.15, 0.2) is 0 Å². The summed E-state index contributed by atoms with van der Waals surface area (Å²) in [7, 11) is -3.61. The first-order chi connectivity index (χ1) is 13.7. The molecule has 1 atom stereocenters. The fourth-order valence-electron chi connectivity index (χ4n) is 2.97. The van der Waals surface area contributed by atoms with Crippen LogP contribution in [0.3, 0.4) is 0 Å². The summed E-state index contributed by atoms with van der Waals surface area (Å²) in [6, 6.07) is 12.0. The van der Waals surface area contributed by atoms with E-state index >= 15 is 0 Å². The van der Waals surface area contributed by atoms with Crippen LogP contribution in [-0.4, -0.2) is 26.5 Å². The predicted molar refractivity (Wildman–Crippen MR) is 113 cm³/mol. The maximum atomic E-state index is 12.8. The molecule has 0 bridgehead atoms. The summed E-state index contributed by atoms with van der Waals surface area (Å²) < 4.78 is 33.2. The van der Waals surface area contributed by atoms with Crippen LogP contribution in [0.25, 0.3) is 0 Å². The lowest BCUT2D eigenvalue weighted by molar-refractivity contribution is 0.0939. The highest BCUT2D eigenvalue weighted by atomic mass is 32.2. The zero-order valence-electron chi connectivity index (χ0n) is 17.2. The SMILES string of the molecule is Cc1ccc(S(=O)(=O)NC2CC2)cc1C(=O)NC(C)c1ccc(OC(C)C)cc1. The number of carbonyl (C=O) groups is 1. The summed E-state index contributed by atoms with van der Waals surface area (Å²) in [5.74, 6) is 0.472. The van der Waals surface area contributed by atoms with Crippen molar-refractivity contribution in [2.24, 2.45) is 0 Å². The Morgan fingerprint density at radius 1 is 1.07 bits per heavy atom. The van der Waals surface area contributed by atoms with Crippen molar-refractivity contribution in [3.05, 3.63) is 59.2 Å². The van der Waals surface area contributed by atoms with Crippen LogP contribution in [0.2, 0.25) is 0 Å². The largest absolute Gasteiger partial charge is 0.491 e. The van der Waals surface area contributed by atoms with E-state index in [4.69, 9.17) is 4.74 Å². The first-order valence-corrected chi connectivity index (χ1v) is 11.3. The molecule has 0 spiro atoms. The maximum Gasteiger partial charge on any atom is 0.252 e. The molecule has 0 saturated heterocycles. The monoisotopic (exact) mass is 416 g/mol. The molecule has 1 aliphatic rings. The Morgan fingerprint density at radius 3 is 2.31 bits per heavy atom. The fraction of sp³-hybridized carbons (Fsp3) is 0.409. The molecule has 0 aliphatic heterocycles. The molecule has 2 aromatic carbocycles. The molecule has 1 fully saturated rings. The number of rotatable bonds is 8. The minimum Gasteiger partial charge on any atom is -0.491 e. The molecular formula is C22H28N2O4S. The Labute approximate surface area is 172 Å². The number of hydrogen-bond acceptors (Lipinski definition) is 4. The van der Waals surface area contributed by atoms with Gasteiger partial charge in [0.05, 0.1) is 17.0 Å². The van der Waals surface area contributed by atoms with E-state index in [1.807, 2.05) is 45.0 Å². The van der Waals surface area contributed by atoms with E-state index in [0.29, 0.717) is 5.56 Å². The minimum absolute atomic E-state index is 0.0150. The Morgan fingerprint density at radius 2 is 1.72 bits per heavy atom. The highest BCUT2D eigenvalue weighted by molar-refractivity contribution is 7.89. The first-order valence-electron chi connectivity index (χ1n) is 9.86. The zero-order chi connectivity index (χ0) is 21.2. The lowest BCUT2D eigenvalue weighted by Crippen LogP contribution is -2.29. The summed E-state index contributed by atoms with van der Waals surface area (Å²) in [6.07, 6.45) is 1.81. The third kappa shape index (κ3) is 5.58. The molecule has 2 aromatic rings. The predicted octanol–water partition coefficient (Wildman–Crippen LogP) is 3.71. The molecule has 1 amide bonds. The number of aryl methyl sites for hydroxylation is 1. The summed E-state index contributed by atoms with van der Waals surface area (Å²) in [5.41, 5.74) is 2.02. The Bertz CT molecular complexity index is 980. The van der Waals surface area contributed by atoms with Gasteiger partial charge in [-0.25, -0.2) is 13.1 Å². The van der Waals surface area contributed by atoms with Gasteiger partial charge < -0.3 is 10.1 Å². The number of nitrogens with one attached hydrogen (secondary N) is 2. The summed E-state index contributed by atoms with van der Waals surface area (Å²) in [4.78, 5) is 12.9. The third-order valence-electron chi connectivity index (χ3n) is 4.76. The molecular weight excluding hydrogens is 388 g/mol. The van der Waals surface area contributed by atoms with Gasteiger partial charge in [-0.3, -0.25) is 4.79 Å². The standard InChI is InChI=1S/C22H28N2O4S/c1-14(2)28-19-10-6-17(7-11-19)16(4)23-22(25)21-13-20(12-5-15(21)3)29(26,27)24-18-8-9-18/h5-7,10-14,16,18,24H,8-9H2,1-4H3,(H,23,25). The highest BCUT2D eigenvalue weighted by Crippen LogP contribution is 2.24. The van der Waals surface area contributed by atoms with Crippen molar-refractivity contribution in [2.45, 2.75) is 63.6 Å². The molecule has 1 unspecified atom stereocenters. The van der Waals surface area contributed by atoms with E-state index in [-0.39, 0.29) is 29.0 Å². The number of amides is 1. The molecule has 2 N–H and O–H groups in total. The molecule has 1 aliphatic carbocycles. The third-order valence-corrected chi connectivity index (χ3v) is 6.28. The smallest absolute Gasteiger partial charge is 0.252 e. The van der Waals surface area contributed by atoms with Gasteiger partial charge in [-0.1, -0.05) is 18.2 Å². The van der Waals surface area contributed by atoms with Crippen molar-refractivity contribution in [1.29, 1.82) is 0 Å². The molecule has 156 valence electrons. The number of hydrogen-bond donors (Lipinski definition) is 2. The van der Waals surface area contributed by atoms with E-state index in [2.05, 4.69) is 10.0 Å². The van der Waals surface area contributed by atoms with E-state index in [0.717, 1.165) is 29.7 Å². The Hall–Kier alpha value is -2.38. The van der Waals surface area contributed by atoms with Crippen molar-refractivity contribution < 1.29 is 17.9 Å². The van der Waals surface area contributed by atoms with Crippen LogP contribution < -0.4 is 14.8 Å². The van der Waals surface area contributed by atoms with Gasteiger partial charge >= 0.3 is 0 Å². The van der Waals surface area contributed by atoms with Crippen LogP contribution in [0.4, 0.5) is 0 Å². The average molecular weight is 417 g/mol. The van der Waals surface area contributed by atoms with Gasteiger partial charge in [0.25, 0.3) is 5.91 Å². The molecule has 29 heavy (non-hydrogen) atoms. The lowest BCUT2D eigenvalue weighted by Gasteiger charge is -2.17. The Balaban J connectivity index is 1.73. The zero-order valence-corrected chi connectivity index (χ0v) is 18.0. The topological polar surface area (TPSA) is 84.5 Å². The highest BCUT2D eigenvalue weighted by Gasteiger charge is 2.28. The summed E-state index contributed by atoms with van der Waals surface area (Å²) >= 11 is 0.